The van der Waals surface area contributed by atoms with Gasteiger partial charge in [0.15, 0.2) is 6.61 Å². The molecule has 0 bridgehead atoms. The average Bonchev–Trinajstić information content (AvgIpc) is 3.20. The van der Waals surface area contributed by atoms with Crippen molar-refractivity contribution in [3.63, 3.8) is 0 Å². The van der Waals surface area contributed by atoms with E-state index in [9.17, 15) is 28.1 Å². The minimum Gasteiger partial charge on any atom is -0.484 e. The maximum atomic E-state index is 13.1. The van der Waals surface area contributed by atoms with E-state index in [2.05, 4.69) is 15.4 Å². The lowest BCUT2D eigenvalue weighted by molar-refractivity contribution is -0.385. The molecule has 2 aromatic carbocycles. The molecular formula is C18H14F3N5O4. The zero-order valence-corrected chi connectivity index (χ0v) is 15.4. The van der Waals surface area contributed by atoms with Crippen LogP contribution in [0.4, 0.5) is 24.5 Å². The minimum absolute atomic E-state index is 0.103. The number of nitro benzene ring substituents is 1. The lowest BCUT2D eigenvalue weighted by atomic mass is 10.1. The van der Waals surface area contributed by atoms with Crippen molar-refractivity contribution in [2.45, 2.75) is 13.1 Å². The number of anilines is 1. The Hall–Kier alpha value is -3.96. The van der Waals surface area contributed by atoms with Crippen molar-refractivity contribution in [2.75, 3.05) is 11.9 Å². The van der Waals surface area contributed by atoms with Crippen LogP contribution in [0.25, 0.3) is 5.69 Å². The molecule has 0 aliphatic carbocycles. The molecule has 0 atom stereocenters. The molecule has 12 heteroatoms. The van der Waals surface area contributed by atoms with Gasteiger partial charge in [0.1, 0.15) is 18.4 Å². The average molecular weight is 421 g/mol. The molecule has 156 valence electrons. The predicted molar refractivity (Wildman–Crippen MR) is 98.3 cm³/mol. The number of nitro groups is 1. The highest BCUT2D eigenvalue weighted by atomic mass is 19.4. The molecular weight excluding hydrogens is 407 g/mol. The quantitative estimate of drug-likeness (QED) is 0.481. The van der Waals surface area contributed by atoms with Crippen LogP contribution in [-0.2, 0) is 11.0 Å². The molecule has 0 aliphatic rings. The number of benzene rings is 2. The standard InChI is InChI=1S/C18H14F3N5O4/c1-11-6-13(3-5-15(11)26(28)29)30-8-17(27)24-14-7-12(18(19,20)21)2-4-16(14)25-10-22-9-23-25/h2-7,9-10H,8H2,1H3,(H,24,27). The lowest BCUT2D eigenvalue weighted by Gasteiger charge is -2.14. The fourth-order valence-corrected chi connectivity index (χ4v) is 2.60. The van der Waals surface area contributed by atoms with E-state index in [1.54, 1.807) is 0 Å². The Balaban J connectivity index is 1.77. The maximum Gasteiger partial charge on any atom is 0.416 e. The van der Waals surface area contributed by atoms with Gasteiger partial charge in [-0.05, 0) is 37.3 Å². The molecule has 9 nitrogen and oxygen atoms in total. The number of amides is 1. The molecule has 0 spiro atoms. The van der Waals surface area contributed by atoms with Gasteiger partial charge in [0.05, 0.1) is 21.9 Å². The number of ether oxygens (including phenoxy) is 1. The van der Waals surface area contributed by atoms with E-state index in [1.807, 2.05) is 0 Å². The third-order valence-electron chi connectivity index (χ3n) is 4.00. The van der Waals surface area contributed by atoms with Gasteiger partial charge >= 0.3 is 6.18 Å². The summed E-state index contributed by atoms with van der Waals surface area (Å²) in [5, 5.41) is 17.1. The number of carbonyl (C=O) groups excluding carboxylic acids is 1. The first-order valence-corrected chi connectivity index (χ1v) is 8.39. The van der Waals surface area contributed by atoms with Crippen LogP contribution in [0.5, 0.6) is 5.75 Å². The van der Waals surface area contributed by atoms with E-state index in [0.717, 1.165) is 18.2 Å². The first-order chi connectivity index (χ1) is 14.1. The smallest absolute Gasteiger partial charge is 0.416 e. The van der Waals surface area contributed by atoms with Crippen molar-refractivity contribution in [1.29, 1.82) is 0 Å². The molecule has 0 saturated heterocycles. The van der Waals surface area contributed by atoms with Crippen molar-refractivity contribution in [3.05, 3.63) is 70.3 Å². The van der Waals surface area contributed by atoms with Gasteiger partial charge in [0, 0.05) is 11.6 Å². The van der Waals surface area contributed by atoms with E-state index in [0.29, 0.717) is 5.56 Å². The molecule has 1 heterocycles. The van der Waals surface area contributed by atoms with Crippen LogP contribution < -0.4 is 10.1 Å². The third-order valence-corrected chi connectivity index (χ3v) is 4.00. The van der Waals surface area contributed by atoms with Crippen molar-refractivity contribution < 1.29 is 27.6 Å². The Morgan fingerprint density at radius 2 is 2.03 bits per heavy atom. The monoisotopic (exact) mass is 421 g/mol. The fourth-order valence-electron chi connectivity index (χ4n) is 2.60. The molecule has 1 N–H and O–H groups in total. The van der Waals surface area contributed by atoms with Crippen LogP contribution in [0.1, 0.15) is 11.1 Å². The molecule has 0 fully saturated rings. The van der Waals surface area contributed by atoms with Crippen molar-refractivity contribution >= 4 is 17.3 Å². The number of hydrogen-bond donors (Lipinski definition) is 1. The highest BCUT2D eigenvalue weighted by Gasteiger charge is 2.31. The number of aromatic nitrogens is 3. The van der Waals surface area contributed by atoms with E-state index < -0.39 is 29.2 Å². The highest BCUT2D eigenvalue weighted by molar-refractivity contribution is 5.94. The number of nitrogens with zero attached hydrogens (tertiary/aromatic N) is 4. The minimum atomic E-state index is -4.60. The number of aryl methyl sites for hydroxylation is 1. The van der Waals surface area contributed by atoms with Crippen LogP contribution in [0.3, 0.4) is 0 Å². The summed E-state index contributed by atoms with van der Waals surface area (Å²) in [5.74, 6) is -0.527. The Morgan fingerprint density at radius 3 is 2.63 bits per heavy atom. The maximum absolute atomic E-state index is 13.1. The van der Waals surface area contributed by atoms with Crippen molar-refractivity contribution in [1.82, 2.24) is 14.8 Å². The Labute approximate surface area is 167 Å². The van der Waals surface area contributed by atoms with E-state index in [-0.39, 0.29) is 22.8 Å². The lowest BCUT2D eigenvalue weighted by Crippen LogP contribution is -2.21. The van der Waals surface area contributed by atoms with Gasteiger partial charge in [-0.1, -0.05) is 0 Å². The SMILES string of the molecule is Cc1cc(OCC(=O)Nc2cc(C(F)(F)F)ccc2-n2cncn2)ccc1[N+](=O)[O-]. The summed E-state index contributed by atoms with van der Waals surface area (Å²) < 4.78 is 45.7. The number of rotatable bonds is 6. The van der Waals surface area contributed by atoms with E-state index in [4.69, 9.17) is 4.74 Å². The molecule has 30 heavy (non-hydrogen) atoms. The molecule has 1 aromatic heterocycles. The molecule has 3 rings (SSSR count). The Morgan fingerprint density at radius 1 is 1.27 bits per heavy atom. The van der Waals surface area contributed by atoms with E-state index >= 15 is 0 Å². The van der Waals surface area contributed by atoms with Crippen molar-refractivity contribution in [2.24, 2.45) is 0 Å². The summed E-state index contributed by atoms with van der Waals surface area (Å²) in [6.07, 6.45) is -2.13. The molecule has 0 saturated carbocycles. The summed E-state index contributed by atoms with van der Waals surface area (Å²) in [4.78, 5) is 26.3. The molecule has 1 amide bonds. The summed E-state index contributed by atoms with van der Waals surface area (Å²) >= 11 is 0. The predicted octanol–water partition coefficient (Wildman–Crippen LogP) is 3.52. The van der Waals surface area contributed by atoms with Crippen LogP contribution in [0.2, 0.25) is 0 Å². The third kappa shape index (κ3) is 4.71. The van der Waals surface area contributed by atoms with Gasteiger partial charge in [0.25, 0.3) is 11.6 Å². The molecule has 0 aliphatic heterocycles. The Bertz CT molecular complexity index is 1080. The molecule has 0 radical (unpaired) electrons. The van der Waals surface area contributed by atoms with Crippen LogP contribution in [-0.4, -0.2) is 32.2 Å². The second kappa shape index (κ2) is 8.19. The fraction of sp³-hybridized carbons (Fsp3) is 0.167. The Kier molecular flexibility index (Phi) is 5.67. The second-order valence-electron chi connectivity index (χ2n) is 6.11. The number of halogens is 3. The van der Waals surface area contributed by atoms with Gasteiger partial charge in [0.2, 0.25) is 0 Å². The van der Waals surface area contributed by atoms with Gasteiger partial charge in [-0.2, -0.15) is 18.3 Å². The van der Waals surface area contributed by atoms with Gasteiger partial charge in [-0.15, -0.1) is 0 Å². The van der Waals surface area contributed by atoms with Gasteiger partial charge in [-0.25, -0.2) is 9.67 Å². The molecule has 0 unspecified atom stereocenters. The van der Waals surface area contributed by atoms with Crippen LogP contribution >= 0.6 is 0 Å². The zero-order chi connectivity index (χ0) is 21.9. The number of hydrogen-bond acceptors (Lipinski definition) is 6. The summed E-state index contributed by atoms with van der Waals surface area (Å²) in [5.41, 5.74) is -0.671. The molecule has 3 aromatic rings. The van der Waals surface area contributed by atoms with Gasteiger partial charge < -0.3 is 10.1 Å². The first-order valence-electron chi connectivity index (χ1n) is 8.39. The zero-order valence-electron chi connectivity index (χ0n) is 15.4. The van der Waals surface area contributed by atoms with Crippen molar-refractivity contribution in [3.8, 4) is 11.4 Å². The number of carbonyl (C=O) groups is 1. The topological polar surface area (TPSA) is 112 Å². The normalized spacial score (nSPS) is 11.2. The summed E-state index contributed by atoms with van der Waals surface area (Å²) in [6, 6.07) is 6.75. The highest BCUT2D eigenvalue weighted by Crippen LogP contribution is 2.33. The van der Waals surface area contributed by atoms with Crippen LogP contribution in [0.15, 0.2) is 49.1 Å². The number of alkyl halides is 3. The van der Waals surface area contributed by atoms with Gasteiger partial charge in [-0.3, -0.25) is 14.9 Å². The van der Waals surface area contributed by atoms with Crippen LogP contribution in [0, 0.1) is 17.0 Å². The van der Waals surface area contributed by atoms with E-state index in [1.165, 1.54) is 42.5 Å². The first kappa shape index (κ1) is 20.8. The summed E-state index contributed by atoms with van der Waals surface area (Å²) in [7, 11) is 0. The summed E-state index contributed by atoms with van der Waals surface area (Å²) in [6.45, 7) is 0.988. The largest absolute Gasteiger partial charge is 0.484 e. The number of nitrogens with one attached hydrogen (secondary N) is 1. The second-order valence-corrected chi connectivity index (χ2v) is 6.11.